The Kier molecular flexibility index (Phi) is 10.0. The summed E-state index contributed by atoms with van der Waals surface area (Å²) in [6.07, 6.45) is 1.90. The van der Waals surface area contributed by atoms with Crippen molar-refractivity contribution in [3.05, 3.63) is 64.1 Å². The zero-order valence-corrected chi connectivity index (χ0v) is 21.3. The molecule has 0 heterocycles. The molecule has 7 nitrogen and oxygen atoms in total. The summed E-state index contributed by atoms with van der Waals surface area (Å²) >= 11 is 12.3. The van der Waals surface area contributed by atoms with E-state index in [9.17, 15) is 18.0 Å². The normalized spacial score (nSPS) is 12.2. The predicted molar refractivity (Wildman–Crippen MR) is 133 cm³/mol. The van der Waals surface area contributed by atoms with Crippen LogP contribution >= 0.6 is 23.2 Å². The van der Waals surface area contributed by atoms with Crippen LogP contribution in [0.15, 0.2) is 48.5 Å². The van der Waals surface area contributed by atoms with Crippen LogP contribution in [0.25, 0.3) is 0 Å². The van der Waals surface area contributed by atoms with Gasteiger partial charge in [0.1, 0.15) is 6.04 Å². The molecule has 33 heavy (non-hydrogen) atoms. The number of nitrogens with zero attached hydrogens (tertiary/aromatic N) is 2. The van der Waals surface area contributed by atoms with Gasteiger partial charge in [-0.1, -0.05) is 54.4 Å². The quantitative estimate of drug-likeness (QED) is 0.490. The van der Waals surface area contributed by atoms with Gasteiger partial charge < -0.3 is 10.2 Å². The molecule has 0 aliphatic heterocycles. The Morgan fingerprint density at radius 3 is 2.30 bits per heavy atom. The van der Waals surface area contributed by atoms with Crippen molar-refractivity contribution < 1.29 is 18.0 Å². The number of sulfonamides is 1. The maximum atomic E-state index is 13.2. The number of rotatable bonds is 11. The fourth-order valence-corrected chi connectivity index (χ4v) is 4.95. The van der Waals surface area contributed by atoms with Gasteiger partial charge in [0.25, 0.3) is 0 Å². The van der Waals surface area contributed by atoms with E-state index in [4.69, 9.17) is 23.2 Å². The summed E-state index contributed by atoms with van der Waals surface area (Å²) in [5, 5.41) is 3.48. The van der Waals surface area contributed by atoms with Gasteiger partial charge in [0.15, 0.2) is 0 Å². The summed E-state index contributed by atoms with van der Waals surface area (Å²) in [5.74, 6) is -0.545. The van der Waals surface area contributed by atoms with Crippen LogP contribution < -0.4 is 9.62 Å². The molecule has 0 saturated heterocycles. The Bertz CT molecular complexity index is 1060. The third kappa shape index (κ3) is 7.62. The van der Waals surface area contributed by atoms with Gasteiger partial charge >= 0.3 is 0 Å². The summed E-state index contributed by atoms with van der Waals surface area (Å²) in [5.41, 5.74) is 1.20. The molecule has 1 atom stereocenters. The molecule has 0 aliphatic rings. The maximum absolute atomic E-state index is 13.2. The van der Waals surface area contributed by atoms with E-state index in [1.807, 2.05) is 6.92 Å². The van der Waals surface area contributed by atoms with Crippen LogP contribution in [0.1, 0.15) is 31.7 Å². The molecular weight excluding hydrogens is 485 g/mol. The van der Waals surface area contributed by atoms with Crippen LogP contribution in [0, 0.1) is 0 Å². The van der Waals surface area contributed by atoms with Crippen molar-refractivity contribution in [1.29, 1.82) is 0 Å². The summed E-state index contributed by atoms with van der Waals surface area (Å²) < 4.78 is 25.8. The summed E-state index contributed by atoms with van der Waals surface area (Å²) in [4.78, 5) is 27.2. The molecule has 0 saturated carbocycles. The Hall–Kier alpha value is -2.29. The minimum Gasteiger partial charge on any atom is -0.357 e. The molecule has 1 N–H and O–H groups in total. The molecule has 10 heteroatoms. The van der Waals surface area contributed by atoms with E-state index in [2.05, 4.69) is 5.32 Å². The average Bonchev–Trinajstić information content (AvgIpc) is 2.77. The Labute approximate surface area is 205 Å². The van der Waals surface area contributed by atoms with Crippen molar-refractivity contribution >= 4 is 50.7 Å². The minimum atomic E-state index is -3.52. The smallest absolute Gasteiger partial charge is 0.242 e. The SMILES string of the molecule is CC[C@@H](C(=O)NC)N(Cc1ccc(Cl)cc1Cl)C(=O)CCCN(c1ccccc1)S(C)(=O)=O. The summed E-state index contributed by atoms with van der Waals surface area (Å²) in [6, 6.07) is 13.0. The van der Waals surface area contributed by atoms with Crippen molar-refractivity contribution in [2.75, 3.05) is 24.2 Å². The van der Waals surface area contributed by atoms with Gasteiger partial charge in [-0.25, -0.2) is 8.42 Å². The number of likely N-dealkylation sites (N-methyl/N-ethyl adjacent to an activating group) is 1. The van der Waals surface area contributed by atoms with Gasteiger partial charge in [-0.2, -0.15) is 0 Å². The van der Waals surface area contributed by atoms with Crippen LogP contribution in [0.2, 0.25) is 10.0 Å². The number of benzene rings is 2. The minimum absolute atomic E-state index is 0.0670. The van der Waals surface area contributed by atoms with Gasteiger partial charge in [0, 0.05) is 36.6 Å². The van der Waals surface area contributed by atoms with E-state index in [-0.39, 0.29) is 37.7 Å². The standard InChI is InChI=1S/C23H29Cl2N3O4S/c1-4-21(23(30)26-2)27(16-17-12-13-18(24)15-20(17)25)22(29)11-8-14-28(33(3,31)32)19-9-6-5-7-10-19/h5-7,9-10,12-13,15,21H,4,8,11,14,16H2,1-3H3,(H,26,30)/t21-/m0/s1. The number of amides is 2. The topological polar surface area (TPSA) is 86.8 Å². The lowest BCUT2D eigenvalue weighted by molar-refractivity contribution is -0.141. The highest BCUT2D eigenvalue weighted by Crippen LogP contribution is 2.24. The van der Waals surface area contributed by atoms with Crippen LogP contribution in [-0.2, 0) is 26.2 Å². The largest absolute Gasteiger partial charge is 0.357 e. The molecule has 180 valence electrons. The molecule has 0 radical (unpaired) electrons. The fourth-order valence-electron chi connectivity index (χ4n) is 3.52. The molecule has 0 fully saturated rings. The lowest BCUT2D eigenvalue weighted by atomic mass is 10.1. The Balaban J connectivity index is 2.20. The second kappa shape index (κ2) is 12.3. The van der Waals surface area contributed by atoms with Gasteiger partial charge in [0.05, 0.1) is 11.9 Å². The van der Waals surface area contributed by atoms with E-state index < -0.39 is 16.1 Å². The molecule has 0 bridgehead atoms. The van der Waals surface area contributed by atoms with Crippen molar-refractivity contribution in [2.45, 2.75) is 38.8 Å². The van der Waals surface area contributed by atoms with Crippen molar-refractivity contribution in [3.63, 3.8) is 0 Å². The predicted octanol–water partition coefficient (Wildman–Crippen LogP) is 4.09. The monoisotopic (exact) mass is 513 g/mol. The number of hydrogen-bond donors (Lipinski definition) is 1. The van der Waals surface area contributed by atoms with Crippen molar-refractivity contribution in [2.24, 2.45) is 0 Å². The molecule has 2 aromatic rings. The highest BCUT2D eigenvalue weighted by molar-refractivity contribution is 7.92. The van der Waals surface area contributed by atoms with Gasteiger partial charge in [-0.3, -0.25) is 13.9 Å². The third-order valence-corrected chi connectivity index (χ3v) is 6.97. The molecule has 0 spiro atoms. The highest BCUT2D eigenvalue weighted by atomic mass is 35.5. The molecule has 2 aromatic carbocycles. The first kappa shape index (κ1) is 27.0. The number of para-hydroxylation sites is 1. The van der Waals surface area contributed by atoms with E-state index >= 15 is 0 Å². The number of halogens is 2. The molecule has 0 aromatic heterocycles. The maximum Gasteiger partial charge on any atom is 0.242 e. The fraction of sp³-hybridized carbons (Fsp3) is 0.391. The first-order chi connectivity index (χ1) is 15.6. The first-order valence-electron chi connectivity index (χ1n) is 10.6. The molecule has 2 rings (SSSR count). The Morgan fingerprint density at radius 1 is 1.09 bits per heavy atom. The highest BCUT2D eigenvalue weighted by Gasteiger charge is 2.28. The van der Waals surface area contributed by atoms with Crippen molar-refractivity contribution in [3.8, 4) is 0 Å². The van der Waals surface area contributed by atoms with E-state index in [1.54, 1.807) is 48.5 Å². The zero-order chi connectivity index (χ0) is 24.6. The number of anilines is 1. The third-order valence-electron chi connectivity index (χ3n) is 5.18. The zero-order valence-electron chi connectivity index (χ0n) is 18.9. The average molecular weight is 514 g/mol. The van der Waals surface area contributed by atoms with Crippen molar-refractivity contribution in [1.82, 2.24) is 10.2 Å². The molecule has 2 amide bonds. The lowest BCUT2D eigenvalue weighted by Gasteiger charge is -2.31. The van der Waals surface area contributed by atoms with E-state index in [1.165, 1.54) is 16.3 Å². The van der Waals surface area contributed by atoms with Crippen LogP contribution in [0.3, 0.4) is 0 Å². The van der Waals surface area contributed by atoms with E-state index in [0.29, 0.717) is 27.7 Å². The van der Waals surface area contributed by atoms with Crippen LogP contribution in [0.4, 0.5) is 5.69 Å². The molecule has 0 unspecified atom stereocenters. The van der Waals surface area contributed by atoms with Gasteiger partial charge in [-0.15, -0.1) is 0 Å². The lowest BCUT2D eigenvalue weighted by Crippen LogP contribution is -2.48. The summed E-state index contributed by atoms with van der Waals surface area (Å²) in [6.45, 7) is 2.10. The Morgan fingerprint density at radius 2 is 1.76 bits per heavy atom. The second-order valence-corrected chi connectivity index (χ2v) is 10.3. The molecular formula is C23H29Cl2N3O4S. The molecule has 0 aliphatic carbocycles. The number of carbonyl (C=O) groups excluding carboxylic acids is 2. The number of hydrogen-bond acceptors (Lipinski definition) is 4. The summed E-state index contributed by atoms with van der Waals surface area (Å²) in [7, 11) is -2.00. The van der Waals surface area contributed by atoms with E-state index in [0.717, 1.165) is 6.26 Å². The second-order valence-electron chi connectivity index (χ2n) is 7.57. The number of carbonyl (C=O) groups is 2. The van der Waals surface area contributed by atoms with Crippen LogP contribution in [0.5, 0.6) is 0 Å². The van der Waals surface area contributed by atoms with Crippen LogP contribution in [-0.4, -0.2) is 51.0 Å². The van der Waals surface area contributed by atoms with Gasteiger partial charge in [-0.05, 0) is 42.7 Å². The number of nitrogens with one attached hydrogen (secondary N) is 1. The van der Waals surface area contributed by atoms with Gasteiger partial charge in [0.2, 0.25) is 21.8 Å². The first-order valence-corrected chi connectivity index (χ1v) is 13.2.